The number of hydrogen-bond donors (Lipinski definition) is 0. The van der Waals surface area contributed by atoms with Gasteiger partial charge in [0.1, 0.15) is 0 Å². The van der Waals surface area contributed by atoms with Crippen molar-refractivity contribution in [3.8, 4) is 0 Å². The van der Waals surface area contributed by atoms with E-state index in [0.717, 1.165) is 24.9 Å². The Morgan fingerprint density at radius 2 is 2.21 bits per heavy atom. The molecule has 1 aromatic heterocycles. The minimum atomic E-state index is -0.402. The Hall–Kier alpha value is -2.21. The number of thiophene rings is 1. The van der Waals surface area contributed by atoms with Gasteiger partial charge in [-0.05, 0) is 43.9 Å². The number of benzene rings is 1. The monoisotopic (exact) mass is 344 g/mol. The molecule has 0 unspecified atom stereocenters. The molecule has 1 amide bonds. The van der Waals surface area contributed by atoms with Gasteiger partial charge in [0.15, 0.2) is 0 Å². The highest BCUT2D eigenvalue weighted by Gasteiger charge is 2.30. The summed E-state index contributed by atoms with van der Waals surface area (Å²) in [5.74, 6) is 0.134. The first-order chi connectivity index (χ1) is 11.5. The second kappa shape index (κ2) is 7.13. The highest BCUT2D eigenvalue weighted by atomic mass is 32.1. The standard InChI is InChI=1S/C18H20N2O3S/c1-13-7-9-17(24-13)16-6-3-11-19(16)18(21)10-8-14-4-2-5-15(12-14)20(22)23/h2,4-5,7,9,12,16H,3,6,8,10-11H2,1H3/t16-/m1/s1. The van der Waals surface area contributed by atoms with Crippen molar-refractivity contribution in [2.75, 3.05) is 6.54 Å². The minimum absolute atomic E-state index is 0.0769. The summed E-state index contributed by atoms with van der Waals surface area (Å²) in [6.07, 6.45) is 2.97. The third-order valence-corrected chi connectivity index (χ3v) is 5.51. The molecule has 6 heteroatoms. The molecule has 1 aliphatic heterocycles. The van der Waals surface area contributed by atoms with Crippen molar-refractivity contribution in [1.82, 2.24) is 4.90 Å². The lowest BCUT2D eigenvalue weighted by Crippen LogP contribution is -2.30. The quantitative estimate of drug-likeness (QED) is 0.601. The molecular weight excluding hydrogens is 324 g/mol. The fourth-order valence-corrected chi connectivity index (χ4v) is 4.24. The summed E-state index contributed by atoms with van der Waals surface area (Å²) in [6.45, 7) is 2.88. The van der Waals surface area contributed by atoms with Crippen LogP contribution in [-0.4, -0.2) is 22.3 Å². The van der Waals surface area contributed by atoms with Crippen LogP contribution in [0.25, 0.3) is 0 Å². The van der Waals surface area contributed by atoms with Gasteiger partial charge in [0.25, 0.3) is 5.69 Å². The van der Waals surface area contributed by atoms with Gasteiger partial charge in [0.05, 0.1) is 11.0 Å². The molecule has 1 aromatic carbocycles. The number of carbonyl (C=O) groups is 1. The molecule has 0 bridgehead atoms. The maximum Gasteiger partial charge on any atom is 0.269 e. The van der Waals surface area contributed by atoms with Crippen LogP contribution in [0.4, 0.5) is 5.69 Å². The summed E-state index contributed by atoms with van der Waals surface area (Å²) in [7, 11) is 0. The molecule has 24 heavy (non-hydrogen) atoms. The average Bonchev–Trinajstić information content (AvgIpc) is 3.21. The largest absolute Gasteiger partial charge is 0.335 e. The lowest BCUT2D eigenvalue weighted by Gasteiger charge is -2.24. The highest BCUT2D eigenvalue weighted by Crippen LogP contribution is 2.36. The maximum atomic E-state index is 12.6. The van der Waals surface area contributed by atoms with Gasteiger partial charge < -0.3 is 4.90 Å². The molecule has 2 aromatic rings. The Morgan fingerprint density at radius 1 is 1.38 bits per heavy atom. The third kappa shape index (κ3) is 3.64. The maximum absolute atomic E-state index is 12.6. The van der Waals surface area contributed by atoms with Gasteiger partial charge in [0, 0.05) is 34.9 Å². The van der Waals surface area contributed by atoms with Crippen LogP contribution in [-0.2, 0) is 11.2 Å². The van der Waals surface area contributed by atoms with Crippen molar-refractivity contribution in [3.63, 3.8) is 0 Å². The number of likely N-dealkylation sites (tertiary alicyclic amines) is 1. The number of nitro benzene ring substituents is 1. The van der Waals surface area contributed by atoms with E-state index in [1.165, 1.54) is 15.8 Å². The molecule has 2 heterocycles. The molecule has 0 saturated carbocycles. The first-order valence-electron chi connectivity index (χ1n) is 8.14. The predicted molar refractivity (Wildman–Crippen MR) is 94.2 cm³/mol. The number of carbonyl (C=O) groups excluding carboxylic acids is 1. The predicted octanol–water partition coefficient (Wildman–Crippen LogP) is 4.26. The summed E-state index contributed by atoms with van der Waals surface area (Å²) < 4.78 is 0. The Labute approximate surface area is 145 Å². The molecule has 1 fully saturated rings. The third-order valence-electron chi connectivity index (χ3n) is 4.41. The van der Waals surface area contributed by atoms with Crippen LogP contribution in [0.2, 0.25) is 0 Å². The number of rotatable bonds is 5. The van der Waals surface area contributed by atoms with E-state index in [0.29, 0.717) is 12.8 Å². The molecule has 1 saturated heterocycles. The van der Waals surface area contributed by atoms with Crippen LogP contribution in [0.15, 0.2) is 36.4 Å². The van der Waals surface area contributed by atoms with Crippen molar-refractivity contribution in [2.45, 2.75) is 38.6 Å². The van der Waals surface area contributed by atoms with Gasteiger partial charge in [-0.2, -0.15) is 0 Å². The Morgan fingerprint density at radius 3 is 2.92 bits per heavy atom. The Bertz CT molecular complexity index is 756. The van der Waals surface area contributed by atoms with E-state index in [1.54, 1.807) is 23.5 Å². The van der Waals surface area contributed by atoms with Crippen LogP contribution in [0.3, 0.4) is 0 Å². The summed E-state index contributed by atoms with van der Waals surface area (Å²) in [5, 5.41) is 10.8. The van der Waals surface area contributed by atoms with Gasteiger partial charge in [-0.25, -0.2) is 0 Å². The summed E-state index contributed by atoms with van der Waals surface area (Å²) in [5.41, 5.74) is 0.910. The molecular formula is C18H20N2O3S. The van der Waals surface area contributed by atoms with E-state index in [9.17, 15) is 14.9 Å². The number of nitro groups is 1. The van der Waals surface area contributed by atoms with Crippen LogP contribution in [0, 0.1) is 17.0 Å². The fourth-order valence-electron chi connectivity index (χ4n) is 3.21. The molecule has 0 aliphatic carbocycles. The van der Waals surface area contributed by atoms with E-state index < -0.39 is 4.92 Å². The topological polar surface area (TPSA) is 63.5 Å². The molecule has 1 atom stereocenters. The number of aryl methyl sites for hydroxylation is 2. The zero-order valence-corrected chi connectivity index (χ0v) is 14.4. The smallest absolute Gasteiger partial charge is 0.269 e. The second-order valence-corrected chi connectivity index (χ2v) is 7.44. The Kier molecular flexibility index (Phi) is 4.94. The lowest BCUT2D eigenvalue weighted by atomic mass is 10.1. The lowest BCUT2D eigenvalue weighted by molar-refractivity contribution is -0.384. The van der Waals surface area contributed by atoms with Gasteiger partial charge in [-0.15, -0.1) is 11.3 Å². The normalized spacial score (nSPS) is 17.2. The van der Waals surface area contributed by atoms with Crippen molar-refractivity contribution >= 4 is 22.9 Å². The molecule has 1 aliphatic rings. The van der Waals surface area contributed by atoms with Crippen molar-refractivity contribution in [2.24, 2.45) is 0 Å². The summed E-state index contributed by atoms with van der Waals surface area (Å²) in [4.78, 5) is 27.6. The van der Waals surface area contributed by atoms with Crippen LogP contribution < -0.4 is 0 Å². The number of non-ortho nitro benzene ring substituents is 1. The summed E-state index contributed by atoms with van der Waals surface area (Å²) >= 11 is 1.76. The van der Waals surface area contributed by atoms with Crippen LogP contribution in [0.5, 0.6) is 0 Å². The number of hydrogen-bond acceptors (Lipinski definition) is 4. The minimum Gasteiger partial charge on any atom is -0.335 e. The average molecular weight is 344 g/mol. The first kappa shape index (κ1) is 16.6. The van der Waals surface area contributed by atoms with Crippen molar-refractivity contribution in [1.29, 1.82) is 0 Å². The number of nitrogens with zero attached hydrogens (tertiary/aromatic N) is 2. The Balaban J connectivity index is 1.64. The van der Waals surface area contributed by atoms with Crippen molar-refractivity contribution < 1.29 is 9.72 Å². The van der Waals surface area contributed by atoms with E-state index >= 15 is 0 Å². The first-order valence-corrected chi connectivity index (χ1v) is 8.95. The van der Waals surface area contributed by atoms with Gasteiger partial charge >= 0.3 is 0 Å². The fraction of sp³-hybridized carbons (Fsp3) is 0.389. The molecule has 5 nitrogen and oxygen atoms in total. The zero-order chi connectivity index (χ0) is 17.1. The van der Waals surface area contributed by atoms with E-state index in [1.807, 2.05) is 11.0 Å². The van der Waals surface area contributed by atoms with Crippen LogP contribution in [0.1, 0.15) is 40.6 Å². The molecule has 0 radical (unpaired) electrons. The molecule has 0 spiro atoms. The highest BCUT2D eigenvalue weighted by molar-refractivity contribution is 7.12. The molecule has 0 N–H and O–H groups in total. The summed E-state index contributed by atoms with van der Waals surface area (Å²) in [6, 6.07) is 11.0. The van der Waals surface area contributed by atoms with Gasteiger partial charge in [-0.1, -0.05) is 12.1 Å². The van der Waals surface area contributed by atoms with E-state index in [2.05, 4.69) is 19.1 Å². The SMILES string of the molecule is Cc1ccc([C@H]2CCCN2C(=O)CCc2cccc([N+](=O)[O-])c2)s1. The molecule has 126 valence electrons. The molecule has 3 rings (SSSR count). The van der Waals surface area contributed by atoms with E-state index in [4.69, 9.17) is 0 Å². The van der Waals surface area contributed by atoms with Gasteiger partial charge in [-0.3, -0.25) is 14.9 Å². The van der Waals surface area contributed by atoms with Gasteiger partial charge in [0.2, 0.25) is 5.91 Å². The zero-order valence-electron chi connectivity index (χ0n) is 13.6. The van der Waals surface area contributed by atoms with Crippen molar-refractivity contribution in [3.05, 3.63) is 61.8 Å². The number of amides is 1. The van der Waals surface area contributed by atoms with E-state index in [-0.39, 0.29) is 17.6 Å². The van der Waals surface area contributed by atoms with Crippen LogP contribution >= 0.6 is 11.3 Å². The second-order valence-electron chi connectivity index (χ2n) is 6.12.